The Kier molecular flexibility index (Phi) is 6.78. The summed E-state index contributed by atoms with van der Waals surface area (Å²) in [6, 6.07) is 12.5. The van der Waals surface area contributed by atoms with E-state index in [9.17, 15) is 9.18 Å². The van der Waals surface area contributed by atoms with Crippen LogP contribution >= 0.6 is 11.6 Å². The number of carbonyl (C=O) groups is 1. The highest BCUT2D eigenvalue weighted by Crippen LogP contribution is 2.24. The fourth-order valence-electron chi connectivity index (χ4n) is 3.92. The van der Waals surface area contributed by atoms with Crippen LogP contribution in [0.2, 0.25) is 5.02 Å². The molecule has 7 heteroatoms. The smallest absolute Gasteiger partial charge is 0.287 e. The van der Waals surface area contributed by atoms with Gasteiger partial charge in [-0.2, -0.15) is 0 Å². The number of nitrogens with one attached hydrogen (secondary N) is 2. The molecule has 5 nitrogen and oxygen atoms in total. The lowest BCUT2D eigenvalue weighted by atomic mass is 9.91. The first-order valence-corrected chi connectivity index (χ1v) is 11.0. The second-order valence-corrected chi connectivity index (χ2v) is 8.46. The van der Waals surface area contributed by atoms with Crippen LogP contribution in [0, 0.1) is 12.7 Å². The highest BCUT2D eigenvalue weighted by Gasteiger charge is 2.23. The molecule has 2 aromatic carbocycles. The average Bonchev–Trinajstić information content (AvgIpc) is 3.18. The minimum Gasteiger partial charge on any atom is -0.492 e. The molecule has 1 aliphatic carbocycles. The molecule has 3 aromatic rings. The van der Waals surface area contributed by atoms with Crippen molar-refractivity contribution in [2.24, 2.45) is 0 Å². The molecular formula is C24H26ClFN2O3. The second kappa shape index (κ2) is 9.71. The normalized spacial score (nSPS) is 18.8. The van der Waals surface area contributed by atoms with Crippen molar-refractivity contribution in [2.45, 2.75) is 44.7 Å². The van der Waals surface area contributed by atoms with Gasteiger partial charge in [0, 0.05) is 35.1 Å². The van der Waals surface area contributed by atoms with Crippen LogP contribution in [-0.2, 0) is 0 Å². The number of hydrogen-bond donors (Lipinski definition) is 2. The second-order valence-electron chi connectivity index (χ2n) is 8.03. The Morgan fingerprint density at radius 2 is 1.90 bits per heavy atom. The Morgan fingerprint density at radius 3 is 2.68 bits per heavy atom. The van der Waals surface area contributed by atoms with Crippen LogP contribution < -0.4 is 15.4 Å². The van der Waals surface area contributed by atoms with Crippen molar-refractivity contribution in [1.29, 1.82) is 0 Å². The van der Waals surface area contributed by atoms with Crippen LogP contribution in [0.4, 0.5) is 4.39 Å². The molecule has 1 heterocycles. The highest BCUT2D eigenvalue weighted by molar-refractivity contribution is 6.31. The zero-order chi connectivity index (χ0) is 21.8. The van der Waals surface area contributed by atoms with E-state index in [1.165, 1.54) is 6.07 Å². The number of hydrogen-bond acceptors (Lipinski definition) is 4. The first kappa shape index (κ1) is 21.7. The monoisotopic (exact) mass is 444 g/mol. The van der Waals surface area contributed by atoms with Crippen molar-refractivity contribution in [1.82, 2.24) is 10.6 Å². The summed E-state index contributed by atoms with van der Waals surface area (Å²) in [5.74, 6) is 0.408. The summed E-state index contributed by atoms with van der Waals surface area (Å²) in [6.07, 6.45) is 3.75. The van der Waals surface area contributed by atoms with Crippen molar-refractivity contribution in [3.63, 3.8) is 0 Å². The largest absolute Gasteiger partial charge is 0.492 e. The van der Waals surface area contributed by atoms with Gasteiger partial charge in [-0.1, -0.05) is 17.7 Å². The molecule has 1 saturated carbocycles. The standard InChI is InChI=1S/C24H26ClFN2O3/c1-15-2-8-20(14-21(15)26)30-11-10-27-18-4-6-19(7-5-18)28-24(29)23-13-16-12-17(25)3-9-22(16)31-23/h2-3,8-9,12-14,18-19,27H,4-7,10-11H2,1H3,(H,28,29). The molecule has 0 aliphatic heterocycles. The fourth-order valence-corrected chi connectivity index (χ4v) is 4.10. The van der Waals surface area contributed by atoms with E-state index >= 15 is 0 Å². The number of halogens is 2. The van der Waals surface area contributed by atoms with Crippen LogP contribution in [0.15, 0.2) is 46.9 Å². The van der Waals surface area contributed by atoms with Crippen molar-refractivity contribution in [3.05, 3.63) is 64.6 Å². The molecule has 31 heavy (non-hydrogen) atoms. The van der Waals surface area contributed by atoms with Crippen LogP contribution in [-0.4, -0.2) is 31.1 Å². The maximum Gasteiger partial charge on any atom is 0.287 e. The van der Waals surface area contributed by atoms with Crippen LogP contribution in [0.5, 0.6) is 5.75 Å². The van der Waals surface area contributed by atoms with E-state index in [0.29, 0.717) is 46.9 Å². The molecule has 0 bridgehead atoms. The van der Waals surface area contributed by atoms with Crippen LogP contribution in [0.1, 0.15) is 41.8 Å². The van der Waals surface area contributed by atoms with E-state index in [2.05, 4.69) is 10.6 Å². The first-order valence-electron chi connectivity index (χ1n) is 10.6. The lowest BCUT2D eigenvalue weighted by molar-refractivity contribution is 0.0898. The van der Waals surface area contributed by atoms with Crippen molar-refractivity contribution in [3.8, 4) is 5.75 Å². The van der Waals surface area contributed by atoms with Crippen molar-refractivity contribution in [2.75, 3.05) is 13.2 Å². The van der Waals surface area contributed by atoms with Gasteiger partial charge in [0.1, 0.15) is 23.8 Å². The number of benzene rings is 2. The zero-order valence-corrected chi connectivity index (χ0v) is 18.2. The lowest BCUT2D eigenvalue weighted by Gasteiger charge is -2.29. The van der Waals surface area contributed by atoms with E-state index in [1.807, 2.05) is 0 Å². The van der Waals surface area contributed by atoms with E-state index < -0.39 is 0 Å². The Balaban J connectivity index is 1.18. The summed E-state index contributed by atoms with van der Waals surface area (Å²) in [6.45, 7) is 2.90. The molecule has 4 rings (SSSR count). The topological polar surface area (TPSA) is 63.5 Å². The number of ether oxygens (including phenoxy) is 1. The number of carbonyl (C=O) groups excluding carboxylic acids is 1. The van der Waals surface area contributed by atoms with Gasteiger partial charge >= 0.3 is 0 Å². The summed E-state index contributed by atoms with van der Waals surface area (Å²) in [7, 11) is 0. The summed E-state index contributed by atoms with van der Waals surface area (Å²) < 4.78 is 24.8. The molecule has 164 valence electrons. The van der Waals surface area contributed by atoms with Gasteiger partial charge in [-0.05, 0) is 68.5 Å². The molecule has 0 unspecified atom stereocenters. The molecule has 0 atom stereocenters. The predicted octanol–water partition coefficient (Wildman–Crippen LogP) is 5.24. The molecule has 0 saturated heterocycles. The molecular weight excluding hydrogens is 419 g/mol. The summed E-state index contributed by atoms with van der Waals surface area (Å²) >= 11 is 5.99. The molecule has 0 spiro atoms. The van der Waals surface area contributed by atoms with E-state index in [-0.39, 0.29) is 17.8 Å². The molecule has 0 radical (unpaired) electrons. The van der Waals surface area contributed by atoms with Gasteiger partial charge in [0.2, 0.25) is 0 Å². The molecule has 1 aromatic heterocycles. The summed E-state index contributed by atoms with van der Waals surface area (Å²) in [5.41, 5.74) is 1.26. The van der Waals surface area contributed by atoms with Gasteiger partial charge in [-0.15, -0.1) is 0 Å². The van der Waals surface area contributed by atoms with Crippen LogP contribution in [0.3, 0.4) is 0 Å². The van der Waals surface area contributed by atoms with Crippen LogP contribution in [0.25, 0.3) is 11.0 Å². The average molecular weight is 445 g/mol. The predicted molar refractivity (Wildman–Crippen MR) is 119 cm³/mol. The molecule has 2 N–H and O–H groups in total. The number of aryl methyl sites for hydroxylation is 1. The Labute approximate surface area is 185 Å². The van der Waals surface area contributed by atoms with Crippen molar-refractivity contribution < 1.29 is 18.3 Å². The highest BCUT2D eigenvalue weighted by atomic mass is 35.5. The number of rotatable bonds is 7. The first-order chi connectivity index (χ1) is 15.0. The van der Waals surface area contributed by atoms with Gasteiger partial charge in [-0.25, -0.2) is 4.39 Å². The van der Waals surface area contributed by atoms with Crippen molar-refractivity contribution >= 4 is 28.5 Å². The SMILES string of the molecule is Cc1ccc(OCCNC2CCC(NC(=O)c3cc4cc(Cl)ccc4o3)CC2)cc1F. The van der Waals surface area contributed by atoms with Gasteiger partial charge in [0.05, 0.1) is 0 Å². The molecule has 1 aliphatic rings. The van der Waals surface area contributed by atoms with E-state index in [1.54, 1.807) is 43.3 Å². The number of furan rings is 1. The number of fused-ring (bicyclic) bond motifs is 1. The maximum atomic E-state index is 13.5. The third kappa shape index (κ3) is 5.57. The number of amides is 1. The Hall–Kier alpha value is -2.57. The van der Waals surface area contributed by atoms with Gasteiger partial charge < -0.3 is 19.8 Å². The Bertz CT molecular complexity index is 1060. The van der Waals surface area contributed by atoms with Gasteiger partial charge in [0.15, 0.2) is 5.76 Å². The van der Waals surface area contributed by atoms with Gasteiger partial charge in [-0.3, -0.25) is 4.79 Å². The zero-order valence-electron chi connectivity index (χ0n) is 17.4. The lowest BCUT2D eigenvalue weighted by Crippen LogP contribution is -2.42. The summed E-state index contributed by atoms with van der Waals surface area (Å²) in [5, 5.41) is 7.99. The summed E-state index contributed by atoms with van der Waals surface area (Å²) in [4.78, 5) is 12.5. The quantitative estimate of drug-likeness (QED) is 0.489. The fraction of sp³-hybridized carbons (Fsp3) is 0.375. The minimum atomic E-state index is -0.253. The minimum absolute atomic E-state index is 0.133. The van der Waals surface area contributed by atoms with Gasteiger partial charge in [0.25, 0.3) is 5.91 Å². The Morgan fingerprint density at radius 1 is 1.13 bits per heavy atom. The maximum absolute atomic E-state index is 13.5. The third-order valence-corrected chi connectivity index (χ3v) is 5.95. The van der Waals surface area contributed by atoms with E-state index in [0.717, 1.165) is 31.1 Å². The third-order valence-electron chi connectivity index (χ3n) is 5.71. The molecule has 1 amide bonds. The van der Waals surface area contributed by atoms with E-state index in [4.69, 9.17) is 20.8 Å². The molecule has 1 fully saturated rings.